The Labute approximate surface area is 110 Å². The number of hydrogen-bond donors (Lipinski definition) is 1. The monoisotopic (exact) mass is 267 g/mol. The van der Waals surface area contributed by atoms with Crippen LogP contribution < -0.4 is 0 Å². The van der Waals surface area contributed by atoms with E-state index < -0.39 is 5.97 Å². The van der Waals surface area contributed by atoms with Crippen LogP contribution in [-0.4, -0.2) is 35.0 Å². The molecule has 1 aromatic carbocycles. The molecule has 18 heavy (non-hydrogen) atoms. The normalized spacial score (nSPS) is 14.3. The Morgan fingerprint density at radius 2 is 2.11 bits per heavy atom. The van der Waals surface area contributed by atoms with Crippen molar-refractivity contribution in [3.8, 4) is 0 Å². The third-order valence-electron chi connectivity index (χ3n) is 2.86. The number of benzene rings is 1. The Balaban J connectivity index is 2.12. The van der Waals surface area contributed by atoms with Gasteiger partial charge in [0.15, 0.2) is 0 Å². The highest BCUT2D eigenvalue weighted by Gasteiger charge is 2.28. The molecule has 4 nitrogen and oxygen atoms in total. The number of carboxylic acids is 1. The fraction of sp³-hybridized carbons (Fsp3) is 0.385. The standard InChI is InChI=1S/C13H14ClNO3/c14-11-3-1-2-10(6-11)13(18)15(8-12(16)17)7-9-4-5-9/h1-3,6,9H,4-5,7-8H2,(H,16,17). The van der Waals surface area contributed by atoms with Gasteiger partial charge in [-0.05, 0) is 37.0 Å². The van der Waals surface area contributed by atoms with Gasteiger partial charge in [0.25, 0.3) is 5.91 Å². The molecule has 0 unspecified atom stereocenters. The summed E-state index contributed by atoms with van der Waals surface area (Å²) in [4.78, 5) is 24.4. The molecule has 96 valence electrons. The highest BCUT2D eigenvalue weighted by atomic mass is 35.5. The number of aliphatic carboxylic acids is 1. The average molecular weight is 268 g/mol. The van der Waals surface area contributed by atoms with Crippen molar-refractivity contribution in [1.29, 1.82) is 0 Å². The van der Waals surface area contributed by atoms with Crippen LogP contribution in [0.3, 0.4) is 0 Å². The van der Waals surface area contributed by atoms with Gasteiger partial charge in [0, 0.05) is 17.1 Å². The summed E-state index contributed by atoms with van der Waals surface area (Å²) in [6, 6.07) is 6.58. The quantitative estimate of drug-likeness (QED) is 0.890. The molecule has 1 saturated carbocycles. The molecule has 0 aliphatic heterocycles. The molecular formula is C13H14ClNO3. The van der Waals surface area contributed by atoms with Gasteiger partial charge >= 0.3 is 5.97 Å². The van der Waals surface area contributed by atoms with Gasteiger partial charge in [-0.2, -0.15) is 0 Å². The van der Waals surface area contributed by atoms with Gasteiger partial charge in [-0.15, -0.1) is 0 Å². The molecule has 1 aliphatic carbocycles. The maximum Gasteiger partial charge on any atom is 0.323 e. The van der Waals surface area contributed by atoms with Crippen molar-refractivity contribution in [2.24, 2.45) is 5.92 Å². The lowest BCUT2D eigenvalue weighted by Crippen LogP contribution is -2.37. The molecule has 0 saturated heterocycles. The van der Waals surface area contributed by atoms with E-state index >= 15 is 0 Å². The first-order valence-electron chi connectivity index (χ1n) is 5.83. The van der Waals surface area contributed by atoms with Crippen molar-refractivity contribution in [1.82, 2.24) is 4.90 Å². The third kappa shape index (κ3) is 3.47. The zero-order chi connectivity index (χ0) is 13.1. The summed E-state index contributed by atoms with van der Waals surface area (Å²) in [6.45, 7) is 0.249. The van der Waals surface area contributed by atoms with Crippen LogP contribution in [0.15, 0.2) is 24.3 Å². The van der Waals surface area contributed by atoms with Crippen LogP contribution >= 0.6 is 11.6 Å². The van der Waals surface area contributed by atoms with Crippen LogP contribution in [-0.2, 0) is 4.79 Å². The number of rotatable bonds is 5. The molecule has 1 aliphatic rings. The van der Waals surface area contributed by atoms with E-state index in [0.717, 1.165) is 12.8 Å². The summed E-state index contributed by atoms with van der Waals surface area (Å²) in [7, 11) is 0. The molecule has 0 spiro atoms. The number of carbonyl (C=O) groups excluding carboxylic acids is 1. The molecule has 1 fully saturated rings. The van der Waals surface area contributed by atoms with Crippen LogP contribution in [0.2, 0.25) is 5.02 Å². The minimum atomic E-state index is -0.994. The molecule has 2 rings (SSSR count). The third-order valence-corrected chi connectivity index (χ3v) is 3.10. The average Bonchev–Trinajstić information content (AvgIpc) is 3.10. The molecule has 0 heterocycles. The van der Waals surface area contributed by atoms with E-state index in [1.165, 1.54) is 4.90 Å². The SMILES string of the molecule is O=C(O)CN(CC1CC1)C(=O)c1cccc(Cl)c1. The summed E-state index contributed by atoms with van der Waals surface area (Å²) in [5.74, 6) is -0.815. The summed E-state index contributed by atoms with van der Waals surface area (Å²) < 4.78 is 0. The first kappa shape index (κ1) is 12.9. The van der Waals surface area contributed by atoms with E-state index in [1.807, 2.05) is 0 Å². The van der Waals surface area contributed by atoms with Gasteiger partial charge in [-0.3, -0.25) is 9.59 Å². The van der Waals surface area contributed by atoms with Crippen molar-refractivity contribution in [3.05, 3.63) is 34.9 Å². The Kier molecular flexibility index (Phi) is 3.87. The molecule has 0 bridgehead atoms. The summed E-state index contributed by atoms with van der Waals surface area (Å²) in [5, 5.41) is 9.32. The molecule has 1 N–H and O–H groups in total. The lowest BCUT2D eigenvalue weighted by molar-refractivity contribution is -0.137. The Bertz CT molecular complexity index is 471. The Hall–Kier alpha value is -1.55. The second-order valence-corrected chi connectivity index (χ2v) is 4.97. The van der Waals surface area contributed by atoms with E-state index in [2.05, 4.69) is 0 Å². The topological polar surface area (TPSA) is 57.6 Å². The van der Waals surface area contributed by atoms with Crippen molar-refractivity contribution in [2.75, 3.05) is 13.1 Å². The van der Waals surface area contributed by atoms with Crippen LogP contribution in [0.5, 0.6) is 0 Å². The van der Waals surface area contributed by atoms with Crippen molar-refractivity contribution in [3.63, 3.8) is 0 Å². The van der Waals surface area contributed by atoms with Crippen molar-refractivity contribution >= 4 is 23.5 Å². The van der Waals surface area contributed by atoms with Gasteiger partial charge in [-0.25, -0.2) is 0 Å². The lowest BCUT2D eigenvalue weighted by Gasteiger charge is -2.20. The van der Waals surface area contributed by atoms with Crippen LogP contribution in [0, 0.1) is 5.92 Å². The van der Waals surface area contributed by atoms with Gasteiger partial charge in [-0.1, -0.05) is 17.7 Å². The number of halogens is 1. The highest BCUT2D eigenvalue weighted by molar-refractivity contribution is 6.30. The van der Waals surface area contributed by atoms with Crippen LogP contribution in [0.25, 0.3) is 0 Å². The molecule has 0 radical (unpaired) electrons. The second kappa shape index (κ2) is 5.40. The summed E-state index contributed by atoms with van der Waals surface area (Å²) in [6.07, 6.45) is 2.14. The molecule has 1 aromatic rings. The number of amides is 1. The fourth-order valence-electron chi connectivity index (χ4n) is 1.80. The van der Waals surface area contributed by atoms with Gasteiger partial charge in [0.05, 0.1) is 0 Å². The molecular weight excluding hydrogens is 254 g/mol. The van der Waals surface area contributed by atoms with E-state index in [1.54, 1.807) is 24.3 Å². The predicted octanol–water partition coefficient (Wildman–Crippen LogP) is 2.28. The van der Waals surface area contributed by atoms with E-state index in [4.69, 9.17) is 16.7 Å². The maximum absolute atomic E-state index is 12.2. The molecule has 1 amide bonds. The largest absolute Gasteiger partial charge is 0.480 e. The first-order chi connectivity index (χ1) is 8.56. The Morgan fingerprint density at radius 3 is 2.67 bits per heavy atom. The minimum Gasteiger partial charge on any atom is -0.480 e. The first-order valence-corrected chi connectivity index (χ1v) is 6.20. The fourth-order valence-corrected chi connectivity index (χ4v) is 1.99. The van der Waals surface area contributed by atoms with Crippen LogP contribution in [0.4, 0.5) is 0 Å². The zero-order valence-corrected chi connectivity index (χ0v) is 10.6. The highest BCUT2D eigenvalue weighted by Crippen LogP contribution is 2.30. The second-order valence-electron chi connectivity index (χ2n) is 4.53. The van der Waals surface area contributed by atoms with E-state index in [9.17, 15) is 9.59 Å². The summed E-state index contributed by atoms with van der Waals surface area (Å²) >= 11 is 5.83. The number of carbonyl (C=O) groups is 2. The van der Waals surface area contributed by atoms with Crippen molar-refractivity contribution in [2.45, 2.75) is 12.8 Å². The number of hydrogen-bond acceptors (Lipinski definition) is 2. The van der Waals surface area contributed by atoms with E-state index in [-0.39, 0.29) is 12.5 Å². The zero-order valence-electron chi connectivity index (χ0n) is 9.80. The number of carboxylic acid groups (broad SMARTS) is 1. The van der Waals surface area contributed by atoms with Crippen molar-refractivity contribution < 1.29 is 14.7 Å². The Morgan fingerprint density at radius 1 is 1.39 bits per heavy atom. The minimum absolute atomic E-state index is 0.262. The van der Waals surface area contributed by atoms with Crippen LogP contribution in [0.1, 0.15) is 23.2 Å². The van der Waals surface area contributed by atoms with Gasteiger partial charge in [0.1, 0.15) is 6.54 Å². The van der Waals surface area contributed by atoms with Gasteiger partial charge in [0.2, 0.25) is 0 Å². The molecule has 0 atom stereocenters. The molecule has 0 aromatic heterocycles. The lowest BCUT2D eigenvalue weighted by atomic mass is 10.2. The maximum atomic E-state index is 12.2. The van der Waals surface area contributed by atoms with E-state index in [0.29, 0.717) is 23.0 Å². The smallest absolute Gasteiger partial charge is 0.323 e. The summed E-state index contributed by atoms with van der Waals surface area (Å²) in [5.41, 5.74) is 0.435. The number of nitrogens with zero attached hydrogens (tertiary/aromatic N) is 1. The van der Waals surface area contributed by atoms with Gasteiger partial charge < -0.3 is 10.0 Å². The molecule has 5 heteroatoms. The predicted molar refractivity (Wildman–Crippen MR) is 67.7 cm³/mol.